The van der Waals surface area contributed by atoms with Gasteiger partial charge in [0.2, 0.25) is 0 Å². The van der Waals surface area contributed by atoms with Crippen LogP contribution in [0.1, 0.15) is 52.1 Å². The monoisotopic (exact) mass is 294 g/mol. The average molecular weight is 295 g/mol. The third-order valence-electron chi connectivity index (χ3n) is 4.56. The molecule has 0 aliphatic carbocycles. The molecule has 1 atom stereocenters. The topological polar surface area (TPSA) is 29.3 Å². The first-order valence-corrected chi connectivity index (χ1v) is 7.97. The van der Waals surface area contributed by atoms with Gasteiger partial charge in [-0.2, -0.15) is 0 Å². The average Bonchev–Trinajstić information content (AvgIpc) is 2.37. The molecule has 2 rings (SSSR count). The number of anilines is 1. The first kappa shape index (κ1) is 15.7. The molecule has 1 fully saturated rings. The number of rotatable bonds is 2. The van der Waals surface area contributed by atoms with Gasteiger partial charge in [-0.05, 0) is 48.8 Å². The van der Waals surface area contributed by atoms with Gasteiger partial charge < -0.3 is 10.6 Å². The van der Waals surface area contributed by atoms with Crippen LogP contribution >= 0.6 is 11.6 Å². The molecule has 0 radical (unpaired) electrons. The highest BCUT2D eigenvalue weighted by Crippen LogP contribution is 2.37. The Morgan fingerprint density at radius 1 is 1.25 bits per heavy atom. The van der Waals surface area contributed by atoms with Crippen molar-refractivity contribution in [2.75, 3.05) is 18.0 Å². The summed E-state index contributed by atoms with van der Waals surface area (Å²) in [6, 6.07) is 6.27. The molecule has 0 amide bonds. The highest BCUT2D eigenvalue weighted by molar-refractivity contribution is 6.33. The van der Waals surface area contributed by atoms with Crippen LogP contribution in [0.15, 0.2) is 18.2 Å². The van der Waals surface area contributed by atoms with E-state index in [0.717, 1.165) is 35.3 Å². The molecule has 0 unspecified atom stereocenters. The molecule has 20 heavy (non-hydrogen) atoms. The Hall–Kier alpha value is -0.730. The molecule has 1 aromatic carbocycles. The van der Waals surface area contributed by atoms with E-state index < -0.39 is 0 Å². The summed E-state index contributed by atoms with van der Waals surface area (Å²) in [6.07, 6.45) is 2.49. The van der Waals surface area contributed by atoms with Crippen LogP contribution in [0.3, 0.4) is 0 Å². The summed E-state index contributed by atoms with van der Waals surface area (Å²) < 4.78 is 0. The molecule has 112 valence electrons. The Morgan fingerprint density at radius 3 is 2.30 bits per heavy atom. The highest BCUT2D eigenvalue weighted by atomic mass is 35.5. The van der Waals surface area contributed by atoms with E-state index in [-0.39, 0.29) is 6.04 Å². The molecule has 0 saturated carbocycles. The zero-order valence-electron chi connectivity index (χ0n) is 13.1. The molecule has 3 heteroatoms. The molecule has 0 aromatic heterocycles. The van der Waals surface area contributed by atoms with Crippen molar-refractivity contribution in [3.8, 4) is 0 Å². The number of benzene rings is 1. The zero-order chi connectivity index (χ0) is 14.9. The van der Waals surface area contributed by atoms with Crippen LogP contribution in [0.25, 0.3) is 0 Å². The van der Waals surface area contributed by atoms with E-state index in [1.165, 1.54) is 12.8 Å². The smallest absolute Gasteiger partial charge is 0.0642 e. The van der Waals surface area contributed by atoms with Crippen LogP contribution in [0.4, 0.5) is 5.69 Å². The number of hydrogen-bond acceptors (Lipinski definition) is 2. The molecule has 1 aliphatic rings. The zero-order valence-corrected chi connectivity index (χ0v) is 13.9. The lowest BCUT2D eigenvalue weighted by Gasteiger charge is -2.40. The van der Waals surface area contributed by atoms with Crippen molar-refractivity contribution >= 4 is 17.3 Å². The Balaban J connectivity index is 2.07. The van der Waals surface area contributed by atoms with Gasteiger partial charge in [-0.1, -0.05) is 38.4 Å². The van der Waals surface area contributed by atoms with Gasteiger partial charge in [0, 0.05) is 19.1 Å². The maximum Gasteiger partial charge on any atom is 0.0642 e. The molecule has 1 aromatic rings. The van der Waals surface area contributed by atoms with Crippen molar-refractivity contribution in [3.05, 3.63) is 28.8 Å². The van der Waals surface area contributed by atoms with Crippen molar-refractivity contribution in [2.45, 2.75) is 46.6 Å². The Bertz CT molecular complexity index is 455. The van der Waals surface area contributed by atoms with Gasteiger partial charge in [0.25, 0.3) is 0 Å². The van der Waals surface area contributed by atoms with Crippen molar-refractivity contribution in [3.63, 3.8) is 0 Å². The fraction of sp³-hybridized carbons (Fsp3) is 0.647. The van der Waals surface area contributed by atoms with Crippen LogP contribution in [0.5, 0.6) is 0 Å². The largest absolute Gasteiger partial charge is 0.370 e. The second-order valence-corrected chi connectivity index (χ2v) is 7.53. The van der Waals surface area contributed by atoms with E-state index in [1.54, 1.807) is 0 Å². The van der Waals surface area contributed by atoms with Crippen molar-refractivity contribution < 1.29 is 0 Å². The SMILES string of the molecule is C[C@@H](N)c1ccc(N2CCC(C(C)(C)C)CC2)c(Cl)c1. The number of halogens is 1. The lowest BCUT2D eigenvalue weighted by Crippen LogP contribution is -2.38. The minimum Gasteiger partial charge on any atom is -0.370 e. The van der Waals surface area contributed by atoms with E-state index in [2.05, 4.69) is 37.8 Å². The van der Waals surface area contributed by atoms with Crippen LogP contribution in [-0.4, -0.2) is 13.1 Å². The van der Waals surface area contributed by atoms with Crippen molar-refractivity contribution in [1.29, 1.82) is 0 Å². The van der Waals surface area contributed by atoms with E-state index in [4.69, 9.17) is 17.3 Å². The lowest BCUT2D eigenvalue weighted by atomic mass is 9.75. The predicted octanol–water partition coefficient (Wildman–Crippen LogP) is 4.62. The Morgan fingerprint density at radius 2 is 1.85 bits per heavy atom. The normalized spacial score (nSPS) is 19.2. The minimum absolute atomic E-state index is 0.0353. The van der Waals surface area contributed by atoms with Crippen LogP contribution in [-0.2, 0) is 0 Å². The Kier molecular flexibility index (Phi) is 4.66. The summed E-state index contributed by atoms with van der Waals surface area (Å²) in [7, 11) is 0. The molecule has 2 nitrogen and oxygen atoms in total. The summed E-state index contributed by atoms with van der Waals surface area (Å²) in [5, 5.41) is 0.828. The van der Waals surface area contributed by atoms with Crippen LogP contribution in [0.2, 0.25) is 5.02 Å². The minimum atomic E-state index is 0.0353. The Labute approximate surface area is 128 Å². The molecule has 1 heterocycles. The summed E-state index contributed by atoms with van der Waals surface area (Å²) >= 11 is 6.44. The fourth-order valence-electron chi connectivity index (χ4n) is 3.05. The number of nitrogens with zero attached hydrogens (tertiary/aromatic N) is 1. The van der Waals surface area contributed by atoms with E-state index in [9.17, 15) is 0 Å². The van der Waals surface area contributed by atoms with Gasteiger partial charge in [-0.3, -0.25) is 0 Å². The van der Waals surface area contributed by atoms with Crippen molar-refractivity contribution in [2.24, 2.45) is 17.1 Å². The summed E-state index contributed by atoms with van der Waals surface area (Å²) in [4.78, 5) is 2.41. The highest BCUT2D eigenvalue weighted by Gasteiger charge is 2.29. The number of hydrogen-bond donors (Lipinski definition) is 1. The summed E-state index contributed by atoms with van der Waals surface area (Å²) in [5.41, 5.74) is 8.57. The summed E-state index contributed by atoms with van der Waals surface area (Å²) in [5.74, 6) is 0.806. The fourth-order valence-corrected chi connectivity index (χ4v) is 3.36. The maximum absolute atomic E-state index is 6.44. The molecule has 1 saturated heterocycles. The first-order chi connectivity index (χ1) is 9.29. The van der Waals surface area contributed by atoms with Gasteiger partial charge >= 0.3 is 0 Å². The van der Waals surface area contributed by atoms with Gasteiger partial charge in [-0.25, -0.2) is 0 Å². The number of nitrogens with two attached hydrogens (primary N) is 1. The summed E-state index contributed by atoms with van der Waals surface area (Å²) in [6.45, 7) is 11.2. The van der Waals surface area contributed by atoms with Gasteiger partial charge in [-0.15, -0.1) is 0 Å². The van der Waals surface area contributed by atoms with Crippen LogP contribution in [0, 0.1) is 11.3 Å². The lowest BCUT2D eigenvalue weighted by molar-refractivity contribution is 0.199. The first-order valence-electron chi connectivity index (χ1n) is 7.59. The quantitative estimate of drug-likeness (QED) is 0.862. The second kappa shape index (κ2) is 5.95. The molecular formula is C17H27ClN2. The molecular weight excluding hydrogens is 268 g/mol. The maximum atomic E-state index is 6.44. The van der Waals surface area contributed by atoms with Gasteiger partial charge in [0.05, 0.1) is 10.7 Å². The van der Waals surface area contributed by atoms with Gasteiger partial charge in [0.15, 0.2) is 0 Å². The molecule has 2 N–H and O–H groups in total. The second-order valence-electron chi connectivity index (χ2n) is 7.13. The van der Waals surface area contributed by atoms with E-state index in [0.29, 0.717) is 5.41 Å². The standard InChI is InChI=1S/C17H27ClN2/c1-12(19)13-5-6-16(15(18)11-13)20-9-7-14(8-10-20)17(2,3)4/h5-6,11-12,14H,7-10,19H2,1-4H3/t12-/m1/s1. The van der Waals surface area contributed by atoms with Crippen molar-refractivity contribution in [1.82, 2.24) is 0 Å². The number of piperidine rings is 1. The van der Waals surface area contributed by atoms with E-state index in [1.807, 2.05) is 13.0 Å². The predicted molar refractivity (Wildman–Crippen MR) is 88.4 cm³/mol. The van der Waals surface area contributed by atoms with E-state index >= 15 is 0 Å². The van der Waals surface area contributed by atoms with Gasteiger partial charge in [0.1, 0.15) is 0 Å². The molecule has 0 spiro atoms. The molecule has 0 bridgehead atoms. The van der Waals surface area contributed by atoms with Crippen LogP contribution < -0.4 is 10.6 Å². The third kappa shape index (κ3) is 3.48. The third-order valence-corrected chi connectivity index (χ3v) is 4.86. The molecule has 1 aliphatic heterocycles.